The van der Waals surface area contributed by atoms with Crippen LogP contribution in [0, 0.1) is 5.82 Å². The van der Waals surface area contributed by atoms with Crippen molar-refractivity contribution in [2.75, 3.05) is 19.5 Å². The normalized spacial score (nSPS) is 10.8. The van der Waals surface area contributed by atoms with Crippen LogP contribution in [0.25, 0.3) is 17.3 Å². The van der Waals surface area contributed by atoms with Crippen molar-refractivity contribution < 1.29 is 18.7 Å². The highest BCUT2D eigenvalue weighted by Gasteiger charge is 2.10. The molecule has 0 saturated carbocycles. The number of methoxy groups -OCH3 is 2. The lowest BCUT2D eigenvalue weighted by molar-refractivity contribution is -0.111. The number of carbonyl (C=O) groups is 1. The average molecular weight is 384 g/mol. The van der Waals surface area contributed by atoms with Crippen LogP contribution >= 0.6 is 11.3 Å². The van der Waals surface area contributed by atoms with Crippen LogP contribution in [-0.4, -0.2) is 25.1 Å². The van der Waals surface area contributed by atoms with Gasteiger partial charge in [-0.25, -0.2) is 9.37 Å². The Labute approximate surface area is 160 Å². The number of hydrogen-bond donors (Lipinski definition) is 1. The molecule has 5 nitrogen and oxygen atoms in total. The zero-order chi connectivity index (χ0) is 19.2. The van der Waals surface area contributed by atoms with E-state index in [1.807, 2.05) is 17.5 Å². The Hall–Kier alpha value is -3.19. The third-order valence-corrected chi connectivity index (χ3v) is 4.45. The van der Waals surface area contributed by atoms with E-state index in [9.17, 15) is 9.18 Å². The number of thiazole rings is 1. The fraction of sp³-hybridized carbons (Fsp3) is 0.100. The molecule has 0 aliphatic rings. The Balaban J connectivity index is 1.70. The van der Waals surface area contributed by atoms with Crippen molar-refractivity contribution in [1.29, 1.82) is 0 Å². The fourth-order valence-corrected chi connectivity index (χ4v) is 3.11. The molecular formula is C20H17FN2O3S. The van der Waals surface area contributed by atoms with Crippen molar-refractivity contribution in [1.82, 2.24) is 4.98 Å². The molecule has 2 aromatic carbocycles. The molecule has 0 fully saturated rings. The van der Waals surface area contributed by atoms with Gasteiger partial charge in [-0.1, -0.05) is 12.1 Å². The van der Waals surface area contributed by atoms with Crippen LogP contribution in [0.4, 0.5) is 9.52 Å². The van der Waals surface area contributed by atoms with Gasteiger partial charge in [0.25, 0.3) is 0 Å². The van der Waals surface area contributed by atoms with Crippen LogP contribution in [0.15, 0.2) is 53.9 Å². The standard InChI is InChI=1S/C20H17FN2O3S/c1-25-17-8-7-14(11-18(17)26-2)16-12-27-20(22-16)23-19(24)9-6-13-4-3-5-15(21)10-13/h3-12H,1-2H3,(H,22,23,24)/b9-6+. The molecule has 7 heteroatoms. The monoisotopic (exact) mass is 384 g/mol. The number of rotatable bonds is 6. The molecule has 0 atom stereocenters. The molecule has 0 unspecified atom stereocenters. The fourth-order valence-electron chi connectivity index (χ4n) is 2.39. The Bertz CT molecular complexity index is 985. The van der Waals surface area contributed by atoms with E-state index in [0.29, 0.717) is 27.9 Å². The molecular weight excluding hydrogens is 367 g/mol. The highest BCUT2D eigenvalue weighted by Crippen LogP contribution is 2.33. The van der Waals surface area contributed by atoms with Gasteiger partial charge in [-0.05, 0) is 42.0 Å². The molecule has 1 N–H and O–H groups in total. The molecule has 0 bridgehead atoms. The van der Waals surface area contributed by atoms with Gasteiger partial charge in [0.1, 0.15) is 5.82 Å². The number of halogens is 1. The zero-order valence-electron chi connectivity index (χ0n) is 14.7. The van der Waals surface area contributed by atoms with E-state index in [1.54, 1.807) is 38.5 Å². The van der Waals surface area contributed by atoms with Crippen LogP contribution in [0.3, 0.4) is 0 Å². The number of nitrogens with one attached hydrogen (secondary N) is 1. The quantitative estimate of drug-likeness (QED) is 0.630. The molecule has 0 aliphatic carbocycles. The molecule has 1 aromatic heterocycles. The first-order chi connectivity index (χ1) is 13.1. The Kier molecular flexibility index (Phi) is 5.83. The molecule has 3 aromatic rings. The maximum Gasteiger partial charge on any atom is 0.250 e. The topological polar surface area (TPSA) is 60.5 Å². The van der Waals surface area contributed by atoms with Crippen molar-refractivity contribution in [3.8, 4) is 22.8 Å². The molecule has 0 saturated heterocycles. The number of hydrogen-bond acceptors (Lipinski definition) is 5. The summed E-state index contributed by atoms with van der Waals surface area (Å²) in [5.74, 6) is 0.545. The summed E-state index contributed by atoms with van der Waals surface area (Å²) in [6.07, 6.45) is 2.88. The van der Waals surface area contributed by atoms with Crippen LogP contribution < -0.4 is 14.8 Å². The smallest absolute Gasteiger partial charge is 0.250 e. The summed E-state index contributed by atoms with van der Waals surface area (Å²) >= 11 is 1.31. The van der Waals surface area contributed by atoms with Gasteiger partial charge in [-0.2, -0.15) is 0 Å². The third kappa shape index (κ3) is 4.71. The van der Waals surface area contributed by atoms with Crippen LogP contribution in [0.1, 0.15) is 5.56 Å². The van der Waals surface area contributed by atoms with Gasteiger partial charge >= 0.3 is 0 Å². The number of nitrogens with zero attached hydrogens (tertiary/aromatic N) is 1. The maximum absolute atomic E-state index is 13.1. The van der Waals surface area contributed by atoms with Gasteiger partial charge in [0.2, 0.25) is 5.91 Å². The lowest BCUT2D eigenvalue weighted by Crippen LogP contribution is -2.07. The summed E-state index contributed by atoms with van der Waals surface area (Å²) in [4.78, 5) is 16.5. The molecule has 27 heavy (non-hydrogen) atoms. The lowest BCUT2D eigenvalue weighted by Gasteiger charge is -2.08. The minimum absolute atomic E-state index is 0.340. The van der Waals surface area contributed by atoms with Gasteiger partial charge in [0, 0.05) is 17.0 Å². The maximum atomic E-state index is 13.1. The first-order valence-electron chi connectivity index (χ1n) is 8.01. The van der Waals surface area contributed by atoms with Crippen molar-refractivity contribution in [2.24, 2.45) is 0 Å². The van der Waals surface area contributed by atoms with Crippen LogP contribution in [0.2, 0.25) is 0 Å². The highest BCUT2D eigenvalue weighted by molar-refractivity contribution is 7.14. The second kappa shape index (κ2) is 8.46. The molecule has 3 rings (SSSR count). The predicted molar refractivity (Wildman–Crippen MR) is 105 cm³/mol. The second-order valence-corrected chi connectivity index (χ2v) is 6.34. The minimum Gasteiger partial charge on any atom is -0.493 e. The zero-order valence-corrected chi connectivity index (χ0v) is 15.5. The van der Waals surface area contributed by atoms with E-state index in [0.717, 1.165) is 5.56 Å². The van der Waals surface area contributed by atoms with Gasteiger partial charge in [-0.3, -0.25) is 10.1 Å². The molecule has 1 amide bonds. The van der Waals surface area contributed by atoms with Crippen molar-refractivity contribution in [3.63, 3.8) is 0 Å². The van der Waals surface area contributed by atoms with Crippen LogP contribution in [-0.2, 0) is 4.79 Å². The molecule has 138 valence electrons. The minimum atomic E-state index is -0.350. The van der Waals surface area contributed by atoms with Gasteiger partial charge in [-0.15, -0.1) is 11.3 Å². The summed E-state index contributed by atoms with van der Waals surface area (Å²) in [7, 11) is 3.14. The molecule has 0 radical (unpaired) electrons. The van der Waals surface area contributed by atoms with Gasteiger partial charge in [0.05, 0.1) is 19.9 Å². The van der Waals surface area contributed by atoms with Crippen molar-refractivity contribution in [3.05, 3.63) is 65.3 Å². The van der Waals surface area contributed by atoms with E-state index >= 15 is 0 Å². The number of ether oxygens (including phenoxy) is 2. The van der Waals surface area contributed by atoms with E-state index in [1.165, 1.54) is 29.5 Å². The first kappa shape index (κ1) is 18.6. The Morgan fingerprint density at radius 2 is 1.96 bits per heavy atom. The van der Waals surface area contributed by atoms with Gasteiger partial charge < -0.3 is 9.47 Å². The molecule has 0 spiro atoms. The van der Waals surface area contributed by atoms with E-state index in [-0.39, 0.29) is 11.7 Å². The van der Waals surface area contributed by atoms with Crippen molar-refractivity contribution >= 4 is 28.5 Å². The third-order valence-electron chi connectivity index (χ3n) is 3.69. The second-order valence-electron chi connectivity index (χ2n) is 5.49. The highest BCUT2D eigenvalue weighted by atomic mass is 32.1. The summed E-state index contributed by atoms with van der Waals surface area (Å²) in [6.45, 7) is 0. The number of amides is 1. The van der Waals surface area contributed by atoms with E-state index < -0.39 is 0 Å². The van der Waals surface area contributed by atoms with E-state index in [4.69, 9.17) is 9.47 Å². The SMILES string of the molecule is COc1ccc(-c2csc(NC(=O)/C=C/c3cccc(F)c3)n2)cc1OC. The number of carbonyl (C=O) groups excluding carboxylic acids is 1. The Morgan fingerprint density at radius 3 is 2.70 bits per heavy atom. The largest absolute Gasteiger partial charge is 0.493 e. The molecule has 0 aliphatic heterocycles. The number of benzene rings is 2. The summed E-state index contributed by atoms with van der Waals surface area (Å²) < 4.78 is 23.7. The summed E-state index contributed by atoms with van der Waals surface area (Å²) in [6, 6.07) is 11.5. The average Bonchev–Trinajstić information content (AvgIpc) is 3.14. The van der Waals surface area contributed by atoms with Crippen LogP contribution in [0.5, 0.6) is 11.5 Å². The predicted octanol–water partition coefficient (Wildman–Crippen LogP) is 4.62. The van der Waals surface area contributed by atoms with E-state index in [2.05, 4.69) is 10.3 Å². The van der Waals surface area contributed by atoms with Crippen molar-refractivity contribution in [2.45, 2.75) is 0 Å². The number of anilines is 1. The lowest BCUT2D eigenvalue weighted by atomic mass is 10.1. The Morgan fingerprint density at radius 1 is 1.15 bits per heavy atom. The summed E-state index contributed by atoms with van der Waals surface area (Å²) in [5, 5.41) is 5.01. The number of aromatic nitrogens is 1. The molecule has 1 heterocycles. The van der Waals surface area contributed by atoms with Gasteiger partial charge in [0.15, 0.2) is 16.6 Å². The first-order valence-corrected chi connectivity index (χ1v) is 8.89. The summed E-state index contributed by atoms with van der Waals surface area (Å²) in [5.41, 5.74) is 2.17.